The molecule has 5 aromatic heterocycles. The number of hydrogen-bond acceptors (Lipinski definition) is 15. The maximum Gasteiger partial charge on any atom is 0.287 e. The summed E-state index contributed by atoms with van der Waals surface area (Å²) in [5.74, 6) is -0.188. The van der Waals surface area contributed by atoms with E-state index in [0.717, 1.165) is 0 Å². The molecule has 22 heteroatoms. The van der Waals surface area contributed by atoms with E-state index in [-0.39, 0.29) is 54.0 Å². The number of halogens is 1. The lowest BCUT2D eigenvalue weighted by Gasteiger charge is -2.19. The second kappa shape index (κ2) is 12.5. The van der Waals surface area contributed by atoms with Crippen LogP contribution in [0.2, 0.25) is 0 Å². The van der Waals surface area contributed by atoms with Gasteiger partial charge in [-0.2, -0.15) is 4.68 Å². The summed E-state index contributed by atoms with van der Waals surface area (Å²) in [6.45, 7) is 0.265. The molecule has 2 aliphatic rings. The van der Waals surface area contributed by atoms with Crippen LogP contribution in [0, 0.1) is 5.92 Å². The van der Waals surface area contributed by atoms with Crippen LogP contribution in [-0.2, 0) is 27.2 Å². The van der Waals surface area contributed by atoms with Crippen LogP contribution in [0.25, 0.3) is 28.1 Å². The molecule has 9 atom stereocenters. The van der Waals surface area contributed by atoms with Gasteiger partial charge in [-0.15, -0.1) is 5.10 Å². The number of alkyl halides is 1. The number of aromatic amines is 1. The molecular weight excluding hydrogens is 643 g/mol. The van der Waals surface area contributed by atoms with Crippen molar-refractivity contribution < 1.29 is 31.6 Å². The van der Waals surface area contributed by atoms with Crippen LogP contribution in [0.1, 0.15) is 18.9 Å². The highest BCUT2D eigenvalue weighted by Gasteiger charge is 2.47. The number of thiol groups is 1. The molecule has 234 valence electrons. The van der Waals surface area contributed by atoms with Gasteiger partial charge in [0.05, 0.1) is 38.4 Å². The number of imidazole rings is 2. The van der Waals surface area contributed by atoms with Crippen LogP contribution < -0.4 is 11.3 Å². The number of nitrogen functional groups attached to an aromatic ring is 1. The van der Waals surface area contributed by atoms with Crippen molar-refractivity contribution in [2.24, 2.45) is 5.92 Å². The van der Waals surface area contributed by atoms with Crippen LogP contribution in [-0.4, -0.2) is 93.2 Å². The molecule has 0 aromatic carbocycles. The Balaban J connectivity index is 0.957. The number of ether oxygens (including phenoxy) is 2. The Morgan fingerprint density at radius 3 is 2.86 bits per heavy atom. The lowest BCUT2D eigenvalue weighted by atomic mass is 10.0. The average molecular weight is 670 g/mol. The van der Waals surface area contributed by atoms with Crippen molar-refractivity contribution in [3.05, 3.63) is 35.4 Å². The summed E-state index contributed by atoms with van der Waals surface area (Å²) >= 11 is 4.02. The molecule has 0 amide bonds. The van der Waals surface area contributed by atoms with Gasteiger partial charge in [0, 0.05) is 34.2 Å². The van der Waals surface area contributed by atoms with E-state index in [0.29, 0.717) is 17.8 Å². The first-order chi connectivity index (χ1) is 21.5. The van der Waals surface area contributed by atoms with Crippen molar-refractivity contribution in [2.45, 2.75) is 43.4 Å². The van der Waals surface area contributed by atoms with Gasteiger partial charge >= 0.3 is 0 Å². The molecule has 2 unspecified atom stereocenters. The number of aromatic nitrogens is 10. The first-order valence-electron chi connectivity index (χ1n) is 13.3. The lowest BCUT2D eigenvalue weighted by Crippen LogP contribution is -2.29. The molecule has 0 bridgehead atoms. The minimum atomic E-state index is -1.52. The van der Waals surface area contributed by atoms with E-state index in [9.17, 15) is 4.79 Å². The van der Waals surface area contributed by atoms with Gasteiger partial charge in [-0.3, -0.25) is 9.36 Å². The zero-order chi connectivity index (χ0) is 30.4. The molecule has 2 fully saturated rings. The third-order valence-electron chi connectivity index (χ3n) is 7.57. The van der Waals surface area contributed by atoms with Crippen molar-refractivity contribution in [3.63, 3.8) is 0 Å². The van der Waals surface area contributed by atoms with Gasteiger partial charge in [0.15, 0.2) is 50.2 Å². The number of nitrogens with zero attached hydrogens (tertiary/aromatic N) is 9. The molecule has 0 spiro atoms. The van der Waals surface area contributed by atoms with E-state index < -0.39 is 45.8 Å². The molecule has 2 aliphatic heterocycles. The molecular formula is C22H26FN11O7P2S. The summed E-state index contributed by atoms with van der Waals surface area (Å²) in [7, 11) is 1.72. The molecule has 0 saturated carbocycles. The van der Waals surface area contributed by atoms with Gasteiger partial charge in [-0.1, -0.05) is 5.21 Å². The number of nitrogens with two attached hydrogens (primary N) is 1. The fourth-order valence-corrected chi connectivity index (χ4v) is 6.43. The van der Waals surface area contributed by atoms with Gasteiger partial charge in [0.25, 0.3) is 5.56 Å². The van der Waals surface area contributed by atoms with Gasteiger partial charge in [0.2, 0.25) is 5.78 Å². The molecule has 0 aliphatic carbocycles. The summed E-state index contributed by atoms with van der Waals surface area (Å²) in [6.07, 6.45) is 1.54. The van der Waals surface area contributed by atoms with E-state index in [1.165, 1.54) is 27.9 Å². The molecule has 7 heterocycles. The predicted molar refractivity (Wildman–Crippen MR) is 157 cm³/mol. The molecule has 2 saturated heterocycles. The van der Waals surface area contributed by atoms with Gasteiger partial charge < -0.3 is 37.9 Å². The Hall–Kier alpha value is -2.93. The summed E-state index contributed by atoms with van der Waals surface area (Å²) in [6, 6.07) is 0. The number of H-pyrrole nitrogens is 1. The third kappa shape index (κ3) is 5.23. The zero-order valence-corrected chi connectivity index (χ0v) is 25.6. The van der Waals surface area contributed by atoms with Crippen LogP contribution in [0.3, 0.4) is 0 Å². The third-order valence-corrected chi connectivity index (χ3v) is 8.60. The summed E-state index contributed by atoms with van der Waals surface area (Å²) < 4.78 is 54.1. The predicted octanol–water partition coefficient (Wildman–Crippen LogP) is 0.907. The summed E-state index contributed by atoms with van der Waals surface area (Å²) in [4.78, 5) is 32.3. The first kappa shape index (κ1) is 29.8. The van der Waals surface area contributed by atoms with E-state index in [1.807, 2.05) is 0 Å². The molecule has 44 heavy (non-hydrogen) atoms. The normalized spacial score (nSPS) is 27.7. The Kier molecular flexibility index (Phi) is 8.43. The Morgan fingerprint density at radius 2 is 2.02 bits per heavy atom. The molecule has 7 rings (SSSR count). The number of nitrogens with one attached hydrogen (secondary N) is 1. The van der Waals surface area contributed by atoms with Crippen LogP contribution in [0.4, 0.5) is 10.2 Å². The quantitative estimate of drug-likeness (QED) is 0.0774. The van der Waals surface area contributed by atoms with E-state index >= 15 is 4.39 Å². The lowest BCUT2D eigenvalue weighted by molar-refractivity contribution is -0.0407. The molecule has 18 nitrogen and oxygen atoms in total. The van der Waals surface area contributed by atoms with Gasteiger partial charge in [-0.25, -0.2) is 28.7 Å². The topological polar surface area (TPSA) is 206 Å². The number of fused-ring (bicyclic) bond motifs is 3. The second-order valence-electron chi connectivity index (χ2n) is 10.1. The minimum absolute atomic E-state index is 0.00822. The Labute approximate surface area is 256 Å². The van der Waals surface area contributed by atoms with Crippen molar-refractivity contribution >= 4 is 65.3 Å². The van der Waals surface area contributed by atoms with Gasteiger partial charge in [-0.05, 0) is 12.9 Å². The van der Waals surface area contributed by atoms with Crippen molar-refractivity contribution in [1.82, 2.24) is 48.9 Å². The zero-order valence-electron chi connectivity index (χ0n) is 22.5. The minimum Gasteiger partial charge on any atom is -0.382 e. The number of rotatable bonds is 11. The maximum atomic E-state index is 15.7. The monoisotopic (exact) mass is 669 g/mol. The largest absolute Gasteiger partial charge is 0.382 e. The molecule has 5 aromatic rings. The van der Waals surface area contributed by atoms with Crippen molar-refractivity contribution in [3.8, 4) is 0 Å². The highest BCUT2D eigenvalue weighted by Crippen LogP contribution is 2.39. The SMILES string of the molecule is Nc1ncnc2c1nnn2[C@@H]1O[C@H](COP)[C@@H](COPOC[C@@H]2C[C@@H](OS)[C@H](n3cnc4c(=O)n5ccnc5[nH]c43)O2)[C@@H]1F. The maximum absolute atomic E-state index is 15.7. The second-order valence-corrected chi connectivity index (χ2v) is 11.4. The standard InChI is InChI=1S/C22H26FN11O7P2S/c23-13-10(12(6-36-42)40-21(13)34-17-14(30-31-34)16(24)26-7-27-17)5-38-43-37-4-9-3-11(41-44)20(39-9)33-8-28-15-18(33)29-22-25-1-2-32(22)19(15)35/h1-2,7-13,20-21,43-44H,3-6,42H2,(H,25,29)(H2,24,26,27)/t9-,10+,11+,12+,13-,20+,21+/m0/s1. The fraction of sp³-hybridized carbons (Fsp3) is 0.500. The fourth-order valence-electron chi connectivity index (χ4n) is 5.45. The average Bonchev–Trinajstić information content (AvgIpc) is 3.85. The smallest absolute Gasteiger partial charge is 0.287 e. The number of anilines is 1. The first-order valence-corrected chi connectivity index (χ1v) is 14.9. The van der Waals surface area contributed by atoms with Crippen molar-refractivity contribution in [2.75, 3.05) is 25.6 Å². The van der Waals surface area contributed by atoms with Crippen LogP contribution >= 0.6 is 31.4 Å². The Bertz CT molecular complexity index is 1840. The Morgan fingerprint density at radius 1 is 1.16 bits per heavy atom. The highest BCUT2D eigenvalue weighted by molar-refractivity contribution is 7.75. The van der Waals surface area contributed by atoms with Gasteiger partial charge in [0.1, 0.15) is 18.1 Å². The molecule has 0 radical (unpaired) electrons. The highest BCUT2D eigenvalue weighted by atomic mass is 32.1. The molecule has 3 N–H and O–H groups in total. The van der Waals surface area contributed by atoms with Crippen LogP contribution in [0.15, 0.2) is 29.8 Å². The van der Waals surface area contributed by atoms with E-state index in [2.05, 4.69) is 57.6 Å². The number of hydrogen-bond donors (Lipinski definition) is 3. The van der Waals surface area contributed by atoms with E-state index in [4.69, 9.17) is 33.0 Å². The van der Waals surface area contributed by atoms with Crippen molar-refractivity contribution in [1.29, 1.82) is 0 Å². The summed E-state index contributed by atoms with van der Waals surface area (Å²) in [5.41, 5.74) is 6.71. The summed E-state index contributed by atoms with van der Waals surface area (Å²) in [5, 5.41) is 7.95. The van der Waals surface area contributed by atoms with E-state index in [1.54, 1.807) is 10.8 Å². The van der Waals surface area contributed by atoms with Crippen LogP contribution in [0.5, 0.6) is 0 Å².